The van der Waals surface area contributed by atoms with Crippen LogP contribution in [-0.4, -0.2) is 15.0 Å². The molecule has 5 aromatic rings. The SMILES string of the molecule is Cc1cc(C)c(-c2c3nc(c(-c4c(C)cc(C)cc4C)c4ccc([nH]4)c(-c4c(C)cc(C)cc4C)c4nc(c(-c5c(C)cc(C)cc5C)c5ccc2=5)C=C4)C=C3)c(C)c1. The van der Waals surface area contributed by atoms with Crippen molar-refractivity contribution in [3.8, 4) is 44.5 Å². The number of fused-ring (bicyclic) bond motifs is 6. The number of nitrogens with one attached hydrogen (secondary N) is 1. The predicted molar refractivity (Wildman–Crippen MR) is 252 cm³/mol. The van der Waals surface area contributed by atoms with Crippen molar-refractivity contribution in [2.24, 2.45) is 0 Å². The van der Waals surface area contributed by atoms with Crippen LogP contribution in [0.15, 0.2) is 72.8 Å². The maximum atomic E-state index is 5.68. The fourth-order valence-corrected chi connectivity index (χ4v) is 10.6. The lowest BCUT2D eigenvalue weighted by atomic mass is 9.87. The molecular weight excluding hydrogens is 715 g/mol. The second-order valence-corrected chi connectivity index (χ2v) is 17.5. The Balaban J connectivity index is 1.59. The fourth-order valence-electron chi connectivity index (χ4n) is 10.6. The molecular formula is C56H53N3. The van der Waals surface area contributed by atoms with Gasteiger partial charge in [0, 0.05) is 33.3 Å². The van der Waals surface area contributed by atoms with E-state index in [4.69, 9.17) is 9.97 Å². The third-order valence-corrected chi connectivity index (χ3v) is 12.5. The van der Waals surface area contributed by atoms with Crippen LogP contribution >= 0.6 is 0 Å². The molecule has 1 N–H and O–H groups in total. The van der Waals surface area contributed by atoms with Gasteiger partial charge in [0.2, 0.25) is 0 Å². The maximum absolute atomic E-state index is 5.68. The Morgan fingerprint density at radius 3 is 0.780 bits per heavy atom. The lowest BCUT2D eigenvalue weighted by molar-refractivity contribution is 1.25. The number of aromatic nitrogens is 3. The molecule has 292 valence electrons. The highest BCUT2D eigenvalue weighted by Crippen LogP contribution is 2.43. The number of rotatable bonds is 4. The summed E-state index contributed by atoms with van der Waals surface area (Å²) in [5, 5.41) is 2.39. The number of hydrogen-bond acceptors (Lipinski definition) is 2. The standard InChI is InChI=1S/C56H53N3/c1-29-21-33(5)49(34(6)22-29)53-41-13-14-42(41)54(50-35(7)23-30(2)24-36(50)8)44-16-18-46(58-44)56(52-39(11)27-32(4)28-40(52)12)48-20-19-47(59-48)55(45-17-15-43(53)57-45)51-37(9)25-31(3)26-38(51)10/h13-28,59H,1-12H3. The van der Waals surface area contributed by atoms with Gasteiger partial charge in [0.15, 0.2) is 0 Å². The molecule has 0 unspecified atom stereocenters. The van der Waals surface area contributed by atoms with Gasteiger partial charge in [-0.1, -0.05) is 82.9 Å². The van der Waals surface area contributed by atoms with Crippen molar-refractivity contribution < 1.29 is 0 Å². The predicted octanol–water partition coefficient (Wildman–Crippen LogP) is 14.7. The first-order chi connectivity index (χ1) is 28.2. The third-order valence-electron chi connectivity index (χ3n) is 12.5. The van der Waals surface area contributed by atoms with E-state index >= 15 is 0 Å². The summed E-state index contributed by atoms with van der Waals surface area (Å²) in [6.07, 6.45) is 8.96. The lowest BCUT2D eigenvalue weighted by Crippen LogP contribution is -1.99. The molecule has 0 fully saturated rings. The summed E-state index contributed by atoms with van der Waals surface area (Å²) in [6, 6.07) is 27.5. The number of H-pyrrole nitrogens is 1. The van der Waals surface area contributed by atoms with Gasteiger partial charge in [-0.2, -0.15) is 0 Å². The monoisotopic (exact) mass is 767 g/mol. The Bertz CT molecular complexity index is 2910. The third kappa shape index (κ3) is 6.35. The Morgan fingerprint density at radius 1 is 0.288 bits per heavy atom. The average Bonchev–Trinajstić information content (AvgIpc) is 3.91. The molecule has 0 saturated heterocycles. The van der Waals surface area contributed by atoms with E-state index in [0.717, 1.165) is 56.1 Å². The molecule has 1 aliphatic carbocycles. The minimum absolute atomic E-state index is 0.954. The Morgan fingerprint density at radius 2 is 0.525 bits per heavy atom. The Kier molecular flexibility index (Phi) is 9.20. The molecule has 0 spiro atoms. The Hall–Kier alpha value is -6.32. The number of benzene rings is 4. The van der Waals surface area contributed by atoms with E-state index in [9.17, 15) is 0 Å². The molecule has 0 amide bonds. The number of aryl methyl sites for hydroxylation is 12. The molecule has 4 aliphatic rings. The van der Waals surface area contributed by atoms with Gasteiger partial charge < -0.3 is 4.98 Å². The second-order valence-electron chi connectivity index (χ2n) is 17.5. The topological polar surface area (TPSA) is 41.6 Å². The van der Waals surface area contributed by atoms with Crippen molar-refractivity contribution in [1.82, 2.24) is 15.0 Å². The normalized spacial score (nSPS) is 12.3. The molecule has 3 heteroatoms. The summed E-state index contributed by atoms with van der Waals surface area (Å²) in [5.74, 6) is 0. The van der Waals surface area contributed by atoms with E-state index in [1.807, 2.05) is 0 Å². The number of hydrogen-bond donors (Lipinski definition) is 1. The molecule has 59 heavy (non-hydrogen) atoms. The highest BCUT2D eigenvalue weighted by atomic mass is 14.8. The largest absolute Gasteiger partial charge is 0.354 e. The molecule has 4 heterocycles. The van der Waals surface area contributed by atoms with Crippen molar-refractivity contribution in [3.63, 3.8) is 0 Å². The van der Waals surface area contributed by atoms with E-state index in [2.05, 4.69) is 185 Å². The van der Waals surface area contributed by atoms with Gasteiger partial charge >= 0.3 is 0 Å². The van der Waals surface area contributed by atoms with Crippen LogP contribution in [0.4, 0.5) is 0 Å². The van der Waals surface area contributed by atoms with Gasteiger partial charge in [0.25, 0.3) is 0 Å². The molecule has 3 nitrogen and oxygen atoms in total. The smallest absolute Gasteiger partial charge is 0.0737 e. The van der Waals surface area contributed by atoms with E-state index in [0.29, 0.717) is 0 Å². The summed E-state index contributed by atoms with van der Waals surface area (Å²) in [6.45, 7) is 26.7. The summed E-state index contributed by atoms with van der Waals surface area (Å²) in [4.78, 5) is 15.3. The van der Waals surface area contributed by atoms with E-state index < -0.39 is 0 Å². The second kappa shape index (κ2) is 14.2. The van der Waals surface area contributed by atoms with E-state index in [1.165, 1.54) is 99.5 Å². The summed E-state index contributed by atoms with van der Waals surface area (Å²) in [5.41, 5.74) is 30.3. The van der Waals surface area contributed by atoms with Crippen molar-refractivity contribution in [1.29, 1.82) is 0 Å². The summed E-state index contributed by atoms with van der Waals surface area (Å²) >= 11 is 0. The van der Waals surface area contributed by atoms with Crippen molar-refractivity contribution >= 4 is 35.3 Å². The zero-order valence-corrected chi connectivity index (χ0v) is 36.6. The zero-order valence-electron chi connectivity index (χ0n) is 36.6. The first-order valence-corrected chi connectivity index (χ1v) is 20.9. The summed E-state index contributed by atoms with van der Waals surface area (Å²) in [7, 11) is 0. The average molecular weight is 768 g/mol. The summed E-state index contributed by atoms with van der Waals surface area (Å²) < 4.78 is 0. The Labute approximate surface area is 349 Å². The first kappa shape index (κ1) is 38.2. The van der Waals surface area contributed by atoms with Crippen LogP contribution in [0.1, 0.15) is 89.5 Å². The first-order valence-electron chi connectivity index (χ1n) is 20.9. The molecule has 4 aromatic carbocycles. The molecule has 0 atom stereocenters. The zero-order chi connectivity index (χ0) is 41.6. The van der Waals surface area contributed by atoms with Gasteiger partial charge in [-0.25, -0.2) is 9.97 Å². The van der Waals surface area contributed by atoms with Crippen LogP contribution in [0.2, 0.25) is 0 Å². The van der Waals surface area contributed by atoms with Gasteiger partial charge in [0.05, 0.1) is 22.8 Å². The number of nitrogens with zero attached hydrogens (tertiary/aromatic N) is 2. The van der Waals surface area contributed by atoms with Crippen molar-refractivity contribution in [2.75, 3.05) is 0 Å². The maximum Gasteiger partial charge on any atom is 0.0737 e. The minimum atomic E-state index is 0.954. The van der Waals surface area contributed by atoms with Crippen LogP contribution in [0.25, 0.3) is 79.8 Å². The van der Waals surface area contributed by atoms with Gasteiger partial charge in [-0.3, -0.25) is 0 Å². The van der Waals surface area contributed by atoms with Crippen LogP contribution in [-0.2, 0) is 0 Å². The van der Waals surface area contributed by atoms with Crippen LogP contribution in [0, 0.1) is 93.5 Å². The quantitative estimate of drug-likeness (QED) is 0.194. The van der Waals surface area contributed by atoms with E-state index in [-0.39, 0.29) is 0 Å². The van der Waals surface area contributed by atoms with Crippen LogP contribution in [0.3, 0.4) is 0 Å². The molecule has 0 radical (unpaired) electrons. The van der Waals surface area contributed by atoms with Gasteiger partial charge in [0.1, 0.15) is 0 Å². The molecule has 0 saturated carbocycles. The molecule has 1 aromatic heterocycles. The number of aromatic amines is 1. The van der Waals surface area contributed by atoms with E-state index in [1.54, 1.807) is 0 Å². The molecule has 9 rings (SSSR count). The molecule has 3 aliphatic heterocycles. The van der Waals surface area contributed by atoms with Gasteiger partial charge in [-0.05, 0) is 197 Å². The highest BCUT2D eigenvalue weighted by Gasteiger charge is 2.24. The van der Waals surface area contributed by atoms with Crippen LogP contribution < -0.4 is 0 Å². The van der Waals surface area contributed by atoms with Crippen LogP contribution in [0.5, 0.6) is 0 Å². The minimum Gasteiger partial charge on any atom is -0.354 e. The fraction of sp³-hybridized carbons (Fsp3) is 0.214. The van der Waals surface area contributed by atoms with Gasteiger partial charge in [-0.15, -0.1) is 0 Å². The lowest BCUT2D eigenvalue weighted by Gasteiger charge is -2.17. The highest BCUT2D eigenvalue weighted by molar-refractivity contribution is 5.99. The molecule has 6 bridgehead atoms. The van der Waals surface area contributed by atoms with Crippen molar-refractivity contribution in [2.45, 2.75) is 83.1 Å². The van der Waals surface area contributed by atoms with Crippen molar-refractivity contribution in [3.05, 3.63) is 173 Å².